The van der Waals surface area contributed by atoms with E-state index >= 15 is 0 Å². The highest BCUT2D eigenvalue weighted by Gasteiger charge is 2.15. The van der Waals surface area contributed by atoms with Gasteiger partial charge >= 0.3 is 0 Å². The van der Waals surface area contributed by atoms with Crippen molar-refractivity contribution in [3.63, 3.8) is 0 Å². The van der Waals surface area contributed by atoms with Gasteiger partial charge in [-0.15, -0.1) is 0 Å². The normalized spacial score (nSPS) is 9.33. The van der Waals surface area contributed by atoms with E-state index in [2.05, 4.69) is 45.7 Å². The summed E-state index contributed by atoms with van der Waals surface area (Å²) in [6.07, 6.45) is 2.26. The van der Waals surface area contributed by atoms with Gasteiger partial charge in [-0.05, 0) is 12.8 Å². The minimum absolute atomic E-state index is 0. The Balaban J connectivity index is -0.000000180. The van der Waals surface area contributed by atoms with Crippen LogP contribution in [0.1, 0.15) is 26.7 Å². The zero-order chi connectivity index (χ0) is 5.91. The summed E-state index contributed by atoms with van der Waals surface area (Å²) in [7, 11) is 0. The van der Waals surface area contributed by atoms with Crippen molar-refractivity contribution in [2.75, 3.05) is 0 Å². The van der Waals surface area contributed by atoms with Crippen LogP contribution >= 0.6 is 31.9 Å². The van der Waals surface area contributed by atoms with Crippen molar-refractivity contribution < 1.29 is 0 Å². The lowest BCUT2D eigenvalue weighted by Gasteiger charge is -2.13. The maximum atomic E-state index is 3.50. The summed E-state index contributed by atoms with van der Waals surface area (Å²) >= 11 is 6.99. The molecule has 0 amide bonds. The number of halogens is 2. The summed E-state index contributed by atoms with van der Waals surface area (Å²) in [6.45, 7) is 4.29. The van der Waals surface area contributed by atoms with Gasteiger partial charge in [-0.2, -0.15) is 0 Å². The topological polar surface area (TPSA) is 70.0 Å². The third-order valence-corrected chi connectivity index (χ3v) is 3.28. The fourth-order valence-electron chi connectivity index (χ4n) is 0.250. The fourth-order valence-corrected chi connectivity index (χ4v) is 0.250. The average molecular weight is 264 g/mol. The second kappa shape index (κ2) is 6.99. The average Bonchev–Trinajstić information content (AvgIpc) is 1.68. The van der Waals surface area contributed by atoms with E-state index in [-0.39, 0.29) is 15.5 Å². The molecule has 0 aliphatic heterocycles. The molecule has 0 aromatic heterocycles. The van der Waals surface area contributed by atoms with E-state index < -0.39 is 0 Å². The summed E-state index contributed by atoms with van der Waals surface area (Å²) in [6, 6.07) is 0. The van der Waals surface area contributed by atoms with Gasteiger partial charge in [-0.3, -0.25) is 0 Å². The summed E-state index contributed by atoms with van der Waals surface area (Å²) in [5, 5.41) is 0. The Labute approximate surface area is 74.2 Å². The molecule has 0 radical (unpaired) electrons. The highest BCUT2D eigenvalue weighted by molar-refractivity contribution is 9.25. The second-order valence-corrected chi connectivity index (χ2v) is 5.66. The van der Waals surface area contributed by atoms with Crippen molar-refractivity contribution in [3.8, 4) is 0 Å². The molecule has 0 aliphatic carbocycles. The fraction of sp³-hybridized carbons (Fsp3) is 1.00. The van der Waals surface area contributed by atoms with Gasteiger partial charge in [0.25, 0.3) is 0 Å². The molecule has 0 atom stereocenters. The van der Waals surface area contributed by atoms with Crippen molar-refractivity contribution in [3.05, 3.63) is 0 Å². The van der Waals surface area contributed by atoms with Gasteiger partial charge in [0.1, 0.15) is 0 Å². The molecule has 0 aromatic carbocycles. The van der Waals surface area contributed by atoms with E-state index in [1.54, 1.807) is 0 Å². The van der Waals surface area contributed by atoms with Crippen LogP contribution in [0.2, 0.25) is 0 Å². The third-order valence-electron chi connectivity index (χ3n) is 1.03. The van der Waals surface area contributed by atoms with Gasteiger partial charge in [0.05, 0.1) is 3.23 Å². The van der Waals surface area contributed by atoms with Gasteiger partial charge in [-0.1, -0.05) is 45.7 Å². The smallest absolute Gasteiger partial charge is 0.0800 e. The molecule has 0 spiro atoms. The first-order valence-corrected chi connectivity index (χ1v) is 4.09. The Kier molecular flexibility index (Phi) is 12.8. The third kappa shape index (κ3) is 8.88. The van der Waals surface area contributed by atoms with E-state index in [4.69, 9.17) is 0 Å². The molecule has 0 saturated heterocycles. The number of rotatable bonds is 2. The van der Waals surface area contributed by atoms with Gasteiger partial charge in [0.2, 0.25) is 0 Å². The Morgan fingerprint density at radius 3 is 1.22 bits per heavy atom. The minimum atomic E-state index is 0. The number of hydrogen-bond acceptors (Lipinski definition) is 2. The Morgan fingerprint density at radius 2 is 1.22 bits per heavy atom. The minimum Gasteiger partial charge on any atom is -0.344 e. The largest absolute Gasteiger partial charge is 0.344 e. The molecule has 0 aromatic rings. The summed E-state index contributed by atoms with van der Waals surface area (Å²) in [5.41, 5.74) is 0. The van der Waals surface area contributed by atoms with Gasteiger partial charge in [0, 0.05) is 0 Å². The molecule has 0 heterocycles. The lowest BCUT2D eigenvalue weighted by atomic mass is 10.3. The second-order valence-electron chi connectivity index (χ2n) is 1.56. The quantitative estimate of drug-likeness (QED) is 0.747. The van der Waals surface area contributed by atoms with E-state index in [1.807, 2.05) is 0 Å². The summed E-state index contributed by atoms with van der Waals surface area (Å²) < 4.78 is 0.208. The highest BCUT2D eigenvalue weighted by atomic mass is 79.9. The number of hydrogen-bond donors (Lipinski definition) is 2. The molecule has 6 N–H and O–H groups in total. The molecule has 4 heteroatoms. The van der Waals surface area contributed by atoms with Crippen LogP contribution < -0.4 is 12.3 Å². The highest BCUT2D eigenvalue weighted by Crippen LogP contribution is 2.32. The van der Waals surface area contributed by atoms with Crippen LogP contribution in [0.5, 0.6) is 0 Å². The van der Waals surface area contributed by atoms with Crippen LogP contribution in [0.15, 0.2) is 0 Å². The summed E-state index contributed by atoms with van der Waals surface area (Å²) in [5.74, 6) is 0. The van der Waals surface area contributed by atoms with Gasteiger partial charge in [0.15, 0.2) is 0 Å². The SMILES string of the molecule is CCC(Br)(Br)CC.N.N. The van der Waals surface area contributed by atoms with Crippen molar-refractivity contribution >= 4 is 31.9 Å². The first kappa shape index (κ1) is 16.5. The predicted octanol–water partition coefficient (Wildman–Crippen LogP) is 3.62. The van der Waals surface area contributed by atoms with Crippen molar-refractivity contribution in [1.82, 2.24) is 12.3 Å². The van der Waals surface area contributed by atoms with Gasteiger partial charge < -0.3 is 12.3 Å². The lowest BCUT2D eigenvalue weighted by molar-refractivity contribution is 0.766. The Hall–Kier alpha value is 0.880. The van der Waals surface area contributed by atoms with Crippen molar-refractivity contribution in [1.29, 1.82) is 0 Å². The van der Waals surface area contributed by atoms with Crippen molar-refractivity contribution in [2.24, 2.45) is 0 Å². The van der Waals surface area contributed by atoms with E-state index in [1.165, 1.54) is 0 Å². The van der Waals surface area contributed by atoms with Crippen LogP contribution in [-0.2, 0) is 0 Å². The van der Waals surface area contributed by atoms with E-state index in [0.29, 0.717) is 0 Å². The molecular formula is C5H16Br2N2. The molecule has 9 heavy (non-hydrogen) atoms. The maximum absolute atomic E-state index is 3.50. The van der Waals surface area contributed by atoms with E-state index in [9.17, 15) is 0 Å². The molecule has 0 bridgehead atoms. The monoisotopic (exact) mass is 262 g/mol. The number of alkyl halides is 2. The lowest BCUT2D eigenvalue weighted by Crippen LogP contribution is -2.05. The molecule has 0 unspecified atom stereocenters. The Morgan fingerprint density at radius 1 is 1.00 bits per heavy atom. The standard InChI is InChI=1S/C5H10Br2.2H3N/c1-3-5(6,7)4-2;;/h3-4H2,1-2H3;2*1H3. The molecule has 0 aliphatic rings. The van der Waals surface area contributed by atoms with Crippen LogP contribution in [0.3, 0.4) is 0 Å². The first-order valence-electron chi connectivity index (χ1n) is 2.50. The zero-order valence-electron chi connectivity index (χ0n) is 6.08. The van der Waals surface area contributed by atoms with Gasteiger partial charge in [-0.25, -0.2) is 0 Å². The molecular weight excluding hydrogens is 248 g/mol. The molecule has 0 saturated carbocycles. The zero-order valence-corrected chi connectivity index (χ0v) is 9.26. The van der Waals surface area contributed by atoms with Crippen LogP contribution in [-0.4, -0.2) is 3.23 Å². The predicted molar refractivity (Wildman–Crippen MR) is 51.2 cm³/mol. The molecule has 0 fully saturated rings. The Bertz CT molecular complexity index is 50.9. The summed E-state index contributed by atoms with van der Waals surface area (Å²) in [4.78, 5) is 0. The van der Waals surface area contributed by atoms with Crippen LogP contribution in [0, 0.1) is 0 Å². The molecule has 0 rings (SSSR count). The van der Waals surface area contributed by atoms with E-state index in [0.717, 1.165) is 12.8 Å². The van der Waals surface area contributed by atoms with Crippen LogP contribution in [0.4, 0.5) is 0 Å². The van der Waals surface area contributed by atoms with Crippen molar-refractivity contribution in [2.45, 2.75) is 29.9 Å². The van der Waals surface area contributed by atoms with Crippen LogP contribution in [0.25, 0.3) is 0 Å². The maximum Gasteiger partial charge on any atom is 0.0800 e. The molecule has 2 nitrogen and oxygen atoms in total. The first-order chi connectivity index (χ1) is 3.12. The molecule has 60 valence electrons.